The normalized spacial score (nSPS) is 10.2. The molecular formula is C16H15ClN2O4. The van der Waals surface area contributed by atoms with Crippen LogP contribution in [0.25, 0.3) is 0 Å². The second-order valence-electron chi connectivity index (χ2n) is 4.64. The van der Waals surface area contributed by atoms with E-state index >= 15 is 0 Å². The lowest BCUT2D eigenvalue weighted by molar-refractivity contribution is -0.384. The van der Waals surface area contributed by atoms with Gasteiger partial charge in [-0.1, -0.05) is 29.8 Å². The second kappa shape index (κ2) is 7.60. The van der Waals surface area contributed by atoms with Crippen molar-refractivity contribution < 1.29 is 14.5 Å². The van der Waals surface area contributed by atoms with Crippen LogP contribution in [0, 0.1) is 10.1 Å². The average molecular weight is 335 g/mol. The van der Waals surface area contributed by atoms with Crippen LogP contribution >= 0.6 is 11.6 Å². The van der Waals surface area contributed by atoms with Gasteiger partial charge in [0.1, 0.15) is 5.75 Å². The molecule has 1 N–H and O–H groups in total. The van der Waals surface area contributed by atoms with Gasteiger partial charge in [-0.2, -0.15) is 0 Å². The lowest BCUT2D eigenvalue weighted by Gasteiger charge is -2.11. The molecule has 0 heterocycles. The summed E-state index contributed by atoms with van der Waals surface area (Å²) in [6.45, 7) is 2.67. The van der Waals surface area contributed by atoms with Gasteiger partial charge in [0.25, 0.3) is 11.6 Å². The van der Waals surface area contributed by atoms with Crippen LogP contribution in [0.4, 0.5) is 5.69 Å². The Balaban J connectivity index is 2.10. The van der Waals surface area contributed by atoms with Gasteiger partial charge in [0, 0.05) is 24.2 Å². The van der Waals surface area contributed by atoms with Crippen molar-refractivity contribution in [2.75, 3.05) is 6.61 Å². The summed E-state index contributed by atoms with van der Waals surface area (Å²) in [5.41, 5.74) is 0.861. The first-order valence-corrected chi connectivity index (χ1v) is 7.33. The zero-order chi connectivity index (χ0) is 16.8. The van der Waals surface area contributed by atoms with Gasteiger partial charge in [0.2, 0.25) is 0 Å². The molecular weight excluding hydrogens is 320 g/mol. The number of ether oxygens (including phenoxy) is 1. The number of para-hydroxylation sites is 1. The van der Waals surface area contributed by atoms with Crippen molar-refractivity contribution >= 4 is 23.2 Å². The van der Waals surface area contributed by atoms with E-state index in [2.05, 4.69) is 5.32 Å². The van der Waals surface area contributed by atoms with E-state index in [4.69, 9.17) is 16.3 Å². The SMILES string of the molecule is CCOc1ccccc1CNC(=O)c1ccc([N+](=O)[O-])cc1Cl. The number of carbonyl (C=O) groups excluding carboxylic acids is 1. The van der Waals surface area contributed by atoms with Crippen LogP contribution in [0.5, 0.6) is 5.75 Å². The van der Waals surface area contributed by atoms with Crippen LogP contribution in [0.2, 0.25) is 5.02 Å². The first kappa shape index (κ1) is 16.8. The molecule has 2 aromatic rings. The predicted molar refractivity (Wildman–Crippen MR) is 86.9 cm³/mol. The van der Waals surface area contributed by atoms with E-state index in [9.17, 15) is 14.9 Å². The summed E-state index contributed by atoms with van der Waals surface area (Å²) in [7, 11) is 0. The van der Waals surface area contributed by atoms with E-state index in [-0.39, 0.29) is 22.8 Å². The molecule has 0 saturated carbocycles. The van der Waals surface area contributed by atoms with E-state index in [1.165, 1.54) is 12.1 Å². The quantitative estimate of drug-likeness (QED) is 0.646. The summed E-state index contributed by atoms with van der Waals surface area (Å²) in [5, 5.41) is 13.4. The number of nitrogens with one attached hydrogen (secondary N) is 1. The molecule has 120 valence electrons. The van der Waals surface area contributed by atoms with Crippen LogP contribution in [-0.4, -0.2) is 17.4 Å². The maximum absolute atomic E-state index is 12.2. The monoisotopic (exact) mass is 334 g/mol. The summed E-state index contributed by atoms with van der Waals surface area (Å²) >= 11 is 5.94. The van der Waals surface area contributed by atoms with Crippen LogP contribution < -0.4 is 10.1 Å². The van der Waals surface area contributed by atoms with E-state index < -0.39 is 10.8 Å². The minimum Gasteiger partial charge on any atom is -0.494 e. The number of nitro benzene ring substituents is 1. The van der Waals surface area contributed by atoms with E-state index in [1.807, 2.05) is 31.2 Å². The highest BCUT2D eigenvalue weighted by atomic mass is 35.5. The number of nitro groups is 1. The minimum absolute atomic E-state index is 0.0368. The Kier molecular flexibility index (Phi) is 5.54. The number of amides is 1. The largest absolute Gasteiger partial charge is 0.494 e. The molecule has 0 saturated heterocycles. The number of nitrogens with zero attached hydrogens (tertiary/aromatic N) is 1. The Morgan fingerprint density at radius 2 is 2.04 bits per heavy atom. The van der Waals surface area contributed by atoms with Crippen molar-refractivity contribution in [2.24, 2.45) is 0 Å². The number of non-ortho nitro benzene ring substituents is 1. The average Bonchev–Trinajstić information content (AvgIpc) is 2.54. The Morgan fingerprint density at radius 1 is 1.30 bits per heavy atom. The van der Waals surface area contributed by atoms with Gasteiger partial charge in [-0.05, 0) is 19.1 Å². The van der Waals surface area contributed by atoms with Crippen molar-refractivity contribution in [2.45, 2.75) is 13.5 Å². The van der Waals surface area contributed by atoms with Crippen LogP contribution in [-0.2, 0) is 6.54 Å². The maximum Gasteiger partial charge on any atom is 0.270 e. The minimum atomic E-state index is -0.564. The van der Waals surface area contributed by atoms with Gasteiger partial charge in [-0.3, -0.25) is 14.9 Å². The van der Waals surface area contributed by atoms with Gasteiger partial charge in [0.15, 0.2) is 0 Å². The first-order valence-electron chi connectivity index (χ1n) is 6.95. The molecule has 0 radical (unpaired) electrons. The van der Waals surface area contributed by atoms with Crippen molar-refractivity contribution in [3.8, 4) is 5.75 Å². The van der Waals surface area contributed by atoms with E-state index in [1.54, 1.807) is 0 Å². The van der Waals surface area contributed by atoms with Crippen molar-refractivity contribution in [1.82, 2.24) is 5.32 Å². The zero-order valence-corrected chi connectivity index (χ0v) is 13.2. The molecule has 6 nitrogen and oxygen atoms in total. The Labute approximate surface area is 138 Å². The molecule has 0 unspecified atom stereocenters. The van der Waals surface area contributed by atoms with Crippen molar-refractivity contribution in [1.29, 1.82) is 0 Å². The van der Waals surface area contributed by atoms with Crippen LogP contribution in [0.15, 0.2) is 42.5 Å². The molecule has 0 aliphatic carbocycles. The molecule has 0 aliphatic rings. The maximum atomic E-state index is 12.2. The molecule has 7 heteroatoms. The summed E-state index contributed by atoms with van der Waals surface area (Å²) in [5.74, 6) is 0.293. The first-order chi connectivity index (χ1) is 11.0. The molecule has 0 bridgehead atoms. The van der Waals surface area contributed by atoms with E-state index in [0.29, 0.717) is 12.4 Å². The highest BCUT2D eigenvalue weighted by Crippen LogP contribution is 2.23. The molecule has 0 aromatic heterocycles. The van der Waals surface area contributed by atoms with Crippen LogP contribution in [0.3, 0.4) is 0 Å². The Hall–Kier alpha value is -2.60. The van der Waals surface area contributed by atoms with Gasteiger partial charge >= 0.3 is 0 Å². The third-order valence-electron chi connectivity index (χ3n) is 3.12. The molecule has 1 amide bonds. The van der Waals surface area contributed by atoms with Crippen LogP contribution in [0.1, 0.15) is 22.8 Å². The van der Waals surface area contributed by atoms with Crippen molar-refractivity contribution in [3.63, 3.8) is 0 Å². The third kappa shape index (κ3) is 4.20. The summed E-state index contributed by atoms with van der Waals surface area (Å²) < 4.78 is 5.49. The number of hydrogen-bond donors (Lipinski definition) is 1. The van der Waals surface area contributed by atoms with Gasteiger partial charge < -0.3 is 10.1 Å². The molecule has 0 aliphatic heterocycles. The molecule has 2 aromatic carbocycles. The lowest BCUT2D eigenvalue weighted by atomic mass is 10.1. The summed E-state index contributed by atoms with van der Waals surface area (Å²) in [4.78, 5) is 22.3. The fourth-order valence-corrected chi connectivity index (χ4v) is 2.28. The highest BCUT2D eigenvalue weighted by Gasteiger charge is 2.15. The van der Waals surface area contributed by atoms with Gasteiger partial charge in [0.05, 0.1) is 22.1 Å². The number of halogens is 1. The Morgan fingerprint density at radius 3 is 2.70 bits per heavy atom. The third-order valence-corrected chi connectivity index (χ3v) is 3.43. The fraction of sp³-hybridized carbons (Fsp3) is 0.188. The summed E-state index contributed by atoms with van der Waals surface area (Å²) in [6, 6.07) is 11.1. The van der Waals surface area contributed by atoms with Gasteiger partial charge in [-0.25, -0.2) is 0 Å². The molecule has 2 rings (SSSR count). The Bertz CT molecular complexity index is 734. The molecule has 0 atom stereocenters. The zero-order valence-electron chi connectivity index (χ0n) is 12.4. The summed E-state index contributed by atoms with van der Waals surface area (Å²) in [6.07, 6.45) is 0. The number of benzene rings is 2. The second-order valence-corrected chi connectivity index (χ2v) is 5.05. The van der Waals surface area contributed by atoms with E-state index in [0.717, 1.165) is 11.6 Å². The smallest absolute Gasteiger partial charge is 0.270 e. The lowest BCUT2D eigenvalue weighted by Crippen LogP contribution is -2.23. The van der Waals surface area contributed by atoms with Gasteiger partial charge in [-0.15, -0.1) is 0 Å². The molecule has 0 fully saturated rings. The standard InChI is InChI=1S/C16H15ClN2O4/c1-2-23-15-6-4-3-5-11(15)10-18-16(20)13-8-7-12(19(21)22)9-14(13)17/h3-9H,2,10H2,1H3,(H,18,20). The fourth-order valence-electron chi connectivity index (χ4n) is 2.02. The number of hydrogen-bond acceptors (Lipinski definition) is 4. The highest BCUT2D eigenvalue weighted by molar-refractivity contribution is 6.34. The molecule has 0 spiro atoms. The molecule has 23 heavy (non-hydrogen) atoms. The topological polar surface area (TPSA) is 81.5 Å². The number of rotatable bonds is 6. The van der Waals surface area contributed by atoms with Crippen molar-refractivity contribution in [3.05, 3.63) is 68.7 Å². The number of carbonyl (C=O) groups is 1. The predicted octanol–water partition coefficient (Wildman–Crippen LogP) is 3.58.